The van der Waals surface area contributed by atoms with Crippen LogP contribution < -0.4 is 4.74 Å². The lowest BCUT2D eigenvalue weighted by Gasteiger charge is -2.06. The van der Waals surface area contributed by atoms with Gasteiger partial charge in [-0.05, 0) is 37.3 Å². The number of carbonyl (C=O) groups is 2. The summed E-state index contributed by atoms with van der Waals surface area (Å²) in [4.78, 5) is 23.2. The number of hydrogen-bond donors (Lipinski definition) is 0. The van der Waals surface area contributed by atoms with Crippen LogP contribution in [-0.4, -0.2) is 12.3 Å². The Morgan fingerprint density at radius 2 is 1.90 bits per heavy atom. The first-order valence-corrected chi connectivity index (χ1v) is 6.79. The number of carbonyl (C=O) groups excluding carboxylic acids is 2. The molecule has 0 bridgehead atoms. The molecule has 0 spiro atoms. The van der Waals surface area contributed by atoms with Crippen LogP contribution in [0.1, 0.15) is 38.1 Å². The van der Waals surface area contributed by atoms with E-state index in [9.17, 15) is 9.59 Å². The van der Waals surface area contributed by atoms with Crippen LogP contribution in [0.3, 0.4) is 0 Å². The highest BCUT2D eigenvalue weighted by Gasteiger charge is 2.61. The number of allylic oxidation sites excluding steroid dienone is 2. The van der Waals surface area contributed by atoms with Gasteiger partial charge in [-0.2, -0.15) is 0 Å². The Morgan fingerprint density at radius 1 is 1.25 bits per heavy atom. The fraction of sp³-hybridized carbons (Fsp3) is 0.412. The number of rotatable bonds is 4. The molecular formula is C17H20O3. The van der Waals surface area contributed by atoms with Crippen LogP contribution in [0.15, 0.2) is 35.9 Å². The van der Waals surface area contributed by atoms with Crippen molar-refractivity contribution in [3.8, 4) is 5.75 Å². The van der Waals surface area contributed by atoms with Crippen molar-refractivity contribution in [3.05, 3.63) is 41.5 Å². The normalized spacial score (nSPS) is 22.8. The molecule has 2 rings (SSSR count). The Hall–Kier alpha value is -1.90. The van der Waals surface area contributed by atoms with Crippen LogP contribution >= 0.6 is 0 Å². The molecule has 20 heavy (non-hydrogen) atoms. The van der Waals surface area contributed by atoms with Gasteiger partial charge in [-0.3, -0.25) is 9.59 Å². The van der Waals surface area contributed by atoms with Gasteiger partial charge in [-0.1, -0.05) is 37.6 Å². The third-order valence-electron chi connectivity index (χ3n) is 3.93. The summed E-state index contributed by atoms with van der Waals surface area (Å²) in [6.07, 6.45) is 2.83. The maximum atomic E-state index is 12.3. The summed E-state index contributed by atoms with van der Waals surface area (Å²) in [6, 6.07) is 6.78. The highest BCUT2D eigenvalue weighted by atomic mass is 16.5. The van der Waals surface area contributed by atoms with E-state index in [1.807, 2.05) is 13.8 Å². The molecule has 0 radical (unpaired) electrons. The lowest BCUT2D eigenvalue weighted by Crippen LogP contribution is -2.14. The van der Waals surface area contributed by atoms with E-state index in [1.54, 1.807) is 24.3 Å². The van der Waals surface area contributed by atoms with Gasteiger partial charge >= 0.3 is 5.97 Å². The van der Waals surface area contributed by atoms with Crippen LogP contribution in [0.4, 0.5) is 0 Å². The molecule has 2 atom stereocenters. The Balaban J connectivity index is 2.14. The fourth-order valence-corrected chi connectivity index (χ4v) is 2.64. The van der Waals surface area contributed by atoms with Crippen molar-refractivity contribution in [1.29, 1.82) is 0 Å². The maximum Gasteiger partial charge on any atom is 0.315 e. The van der Waals surface area contributed by atoms with E-state index in [-0.39, 0.29) is 23.2 Å². The van der Waals surface area contributed by atoms with Gasteiger partial charge in [0.2, 0.25) is 0 Å². The molecule has 1 aromatic rings. The quantitative estimate of drug-likeness (QED) is 0.364. The van der Waals surface area contributed by atoms with Crippen LogP contribution in [-0.2, 0) is 4.79 Å². The average molecular weight is 272 g/mol. The topological polar surface area (TPSA) is 43.4 Å². The van der Waals surface area contributed by atoms with E-state index in [4.69, 9.17) is 4.74 Å². The lowest BCUT2D eigenvalue weighted by atomic mass is 10.1. The van der Waals surface area contributed by atoms with Crippen molar-refractivity contribution in [2.45, 2.75) is 27.7 Å². The molecule has 0 heterocycles. The van der Waals surface area contributed by atoms with Crippen molar-refractivity contribution in [1.82, 2.24) is 0 Å². The summed E-state index contributed by atoms with van der Waals surface area (Å²) >= 11 is 0. The number of benzene rings is 1. The van der Waals surface area contributed by atoms with E-state index >= 15 is 0 Å². The van der Waals surface area contributed by atoms with Gasteiger partial charge in [0.15, 0.2) is 6.29 Å². The van der Waals surface area contributed by atoms with Gasteiger partial charge in [0.1, 0.15) is 5.75 Å². The molecule has 0 aromatic heterocycles. The molecule has 0 N–H and O–H groups in total. The third kappa shape index (κ3) is 2.67. The number of para-hydroxylation sites is 1. The number of esters is 1. The second-order valence-electron chi connectivity index (χ2n) is 6.15. The molecule has 1 aliphatic rings. The van der Waals surface area contributed by atoms with Gasteiger partial charge in [0, 0.05) is 0 Å². The molecule has 3 nitrogen and oxygen atoms in total. The predicted molar refractivity (Wildman–Crippen MR) is 77.7 cm³/mol. The van der Waals surface area contributed by atoms with Crippen molar-refractivity contribution in [2.75, 3.05) is 0 Å². The first-order valence-electron chi connectivity index (χ1n) is 6.79. The van der Waals surface area contributed by atoms with Crippen LogP contribution in [0.5, 0.6) is 5.75 Å². The smallest absolute Gasteiger partial charge is 0.315 e. The van der Waals surface area contributed by atoms with Crippen LogP contribution in [0, 0.1) is 17.3 Å². The highest BCUT2D eigenvalue weighted by molar-refractivity contribution is 5.85. The minimum atomic E-state index is -0.258. The zero-order valence-electron chi connectivity index (χ0n) is 12.3. The van der Waals surface area contributed by atoms with Gasteiger partial charge in [-0.15, -0.1) is 0 Å². The monoisotopic (exact) mass is 272 g/mol. The fourth-order valence-electron chi connectivity index (χ4n) is 2.64. The zero-order valence-corrected chi connectivity index (χ0v) is 12.3. The standard InChI is InChI=1S/C17H20O3/c1-11(2)9-13-15(17(13,3)4)16(19)20-14-8-6-5-7-12(14)10-18/h5-10,13,15H,1-4H3. The second kappa shape index (κ2) is 5.23. The van der Waals surface area contributed by atoms with Crippen molar-refractivity contribution in [2.24, 2.45) is 17.3 Å². The van der Waals surface area contributed by atoms with E-state index < -0.39 is 0 Å². The molecule has 0 saturated heterocycles. The number of ether oxygens (including phenoxy) is 1. The van der Waals surface area contributed by atoms with Gasteiger partial charge in [-0.25, -0.2) is 0 Å². The second-order valence-corrected chi connectivity index (χ2v) is 6.15. The van der Waals surface area contributed by atoms with E-state index in [2.05, 4.69) is 19.9 Å². The molecule has 1 aromatic carbocycles. The predicted octanol–water partition coefficient (Wildman–Crippen LogP) is 3.64. The zero-order chi connectivity index (χ0) is 14.9. The maximum absolute atomic E-state index is 12.3. The van der Waals surface area contributed by atoms with Crippen molar-refractivity contribution in [3.63, 3.8) is 0 Å². The first kappa shape index (κ1) is 14.5. The van der Waals surface area contributed by atoms with Crippen LogP contribution in [0.25, 0.3) is 0 Å². The largest absolute Gasteiger partial charge is 0.426 e. The third-order valence-corrected chi connectivity index (χ3v) is 3.93. The highest BCUT2D eigenvalue weighted by Crippen LogP contribution is 2.59. The summed E-state index contributed by atoms with van der Waals surface area (Å²) in [6.45, 7) is 8.18. The molecule has 1 saturated carbocycles. The van der Waals surface area contributed by atoms with E-state index in [0.29, 0.717) is 17.6 Å². The minimum Gasteiger partial charge on any atom is -0.426 e. The number of hydrogen-bond acceptors (Lipinski definition) is 3. The summed E-state index contributed by atoms with van der Waals surface area (Å²) in [5, 5.41) is 0. The van der Waals surface area contributed by atoms with E-state index in [0.717, 1.165) is 0 Å². The Kier molecular flexibility index (Phi) is 3.80. The molecule has 2 unspecified atom stereocenters. The summed E-state index contributed by atoms with van der Waals surface area (Å²) in [5.74, 6) is 0.151. The average Bonchev–Trinajstić information content (AvgIpc) is 2.90. The van der Waals surface area contributed by atoms with Gasteiger partial charge in [0.25, 0.3) is 0 Å². The molecular weight excluding hydrogens is 252 g/mol. The number of aldehydes is 1. The van der Waals surface area contributed by atoms with Crippen LogP contribution in [0.2, 0.25) is 0 Å². The van der Waals surface area contributed by atoms with Crippen molar-refractivity contribution < 1.29 is 14.3 Å². The molecule has 1 fully saturated rings. The van der Waals surface area contributed by atoms with E-state index in [1.165, 1.54) is 5.57 Å². The molecule has 0 amide bonds. The lowest BCUT2D eigenvalue weighted by molar-refractivity contribution is -0.136. The molecule has 1 aliphatic carbocycles. The first-order chi connectivity index (χ1) is 9.37. The molecule has 3 heteroatoms. The summed E-state index contributed by atoms with van der Waals surface area (Å²) in [5.41, 5.74) is 1.52. The minimum absolute atomic E-state index is 0.0789. The Morgan fingerprint density at radius 3 is 2.50 bits per heavy atom. The van der Waals surface area contributed by atoms with Gasteiger partial charge < -0.3 is 4.74 Å². The SMILES string of the molecule is CC(C)=CC1C(C(=O)Oc2ccccc2C=O)C1(C)C. The Labute approximate surface area is 119 Å². The van der Waals surface area contributed by atoms with Crippen molar-refractivity contribution >= 4 is 12.3 Å². The summed E-state index contributed by atoms with van der Waals surface area (Å²) in [7, 11) is 0. The molecule has 0 aliphatic heterocycles. The molecule has 106 valence electrons. The van der Waals surface area contributed by atoms with Gasteiger partial charge in [0.05, 0.1) is 11.5 Å². The Bertz CT molecular complexity index is 565. The summed E-state index contributed by atoms with van der Waals surface area (Å²) < 4.78 is 5.41.